The van der Waals surface area contributed by atoms with Crippen molar-refractivity contribution in [2.45, 2.75) is 25.9 Å². The second-order valence-corrected chi connectivity index (χ2v) is 4.91. The fraction of sp³-hybridized carbons (Fsp3) is 0.538. The van der Waals surface area contributed by atoms with Gasteiger partial charge in [-0.1, -0.05) is 19.1 Å². The average molecular weight is 265 g/mol. The van der Waals surface area contributed by atoms with Crippen LogP contribution in [0.3, 0.4) is 0 Å². The largest absolute Gasteiger partial charge is 0.389 e. The molecule has 1 aromatic heterocycles. The van der Waals surface area contributed by atoms with E-state index in [2.05, 4.69) is 16.8 Å². The first-order valence-electron chi connectivity index (χ1n) is 6.33. The standard InChI is InChI=1S/C13H19N3OS/c1-2-11-9-16(6-3-7-17-11)12-5-4-10(8-15-12)13(14)18/h4-5,8,11H,2-3,6-7,9H2,1H3,(H2,14,18). The van der Waals surface area contributed by atoms with Crippen LogP contribution in [0.1, 0.15) is 25.3 Å². The molecule has 1 aromatic rings. The summed E-state index contributed by atoms with van der Waals surface area (Å²) in [5.74, 6) is 0.971. The number of nitrogens with zero attached hydrogens (tertiary/aromatic N) is 2. The Morgan fingerprint density at radius 1 is 1.61 bits per heavy atom. The molecule has 18 heavy (non-hydrogen) atoms. The van der Waals surface area contributed by atoms with Gasteiger partial charge in [0.25, 0.3) is 0 Å². The van der Waals surface area contributed by atoms with Gasteiger partial charge < -0.3 is 15.4 Å². The van der Waals surface area contributed by atoms with Crippen molar-refractivity contribution < 1.29 is 4.74 Å². The van der Waals surface area contributed by atoms with Gasteiger partial charge in [0, 0.05) is 31.5 Å². The number of nitrogens with two attached hydrogens (primary N) is 1. The van der Waals surface area contributed by atoms with Gasteiger partial charge in [0.1, 0.15) is 10.8 Å². The van der Waals surface area contributed by atoms with Gasteiger partial charge in [0.05, 0.1) is 6.10 Å². The van der Waals surface area contributed by atoms with E-state index in [0.29, 0.717) is 11.1 Å². The lowest BCUT2D eigenvalue weighted by molar-refractivity contribution is 0.0664. The highest BCUT2D eigenvalue weighted by atomic mass is 32.1. The van der Waals surface area contributed by atoms with Crippen LogP contribution in [0.5, 0.6) is 0 Å². The van der Waals surface area contributed by atoms with E-state index in [9.17, 15) is 0 Å². The third-order valence-electron chi connectivity index (χ3n) is 3.16. The Kier molecular flexibility index (Phi) is 4.49. The van der Waals surface area contributed by atoms with Crippen molar-refractivity contribution in [1.29, 1.82) is 0 Å². The highest BCUT2D eigenvalue weighted by Gasteiger charge is 2.18. The van der Waals surface area contributed by atoms with Gasteiger partial charge in [-0.05, 0) is 25.0 Å². The maximum Gasteiger partial charge on any atom is 0.128 e. The summed E-state index contributed by atoms with van der Waals surface area (Å²) in [4.78, 5) is 7.09. The molecule has 1 saturated heterocycles. The third kappa shape index (κ3) is 3.17. The lowest BCUT2D eigenvalue weighted by Gasteiger charge is -2.24. The number of rotatable bonds is 3. The predicted octanol–water partition coefficient (Wildman–Crippen LogP) is 1.72. The number of hydrogen-bond donors (Lipinski definition) is 1. The molecule has 4 nitrogen and oxygen atoms in total. The molecule has 0 radical (unpaired) electrons. The zero-order valence-electron chi connectivity index (χ0n) is 10.6. The van der Waals surface area contributed by atoms with Crippen molar-refractivity contribution in [3.63, 3.8) is 0 Å². The molecular weight excluding hydrogens is 246 g/mol. The number of anilines is 1. The van der Waals surface area contributed by atoms with Crippen LogP contribution in [0.15, 0.2) is 18.3 Å². The van der Waals surface area contributed by atoms with Crippen LogP contribution in [0.2, 0.25) is 0 Å². The number of pyridine rings is 1. The number of hydrogen-bond acceptors (Lipinski definition) is 4. The van der Waals surface area contributed by atoms with Gasteiger partial charge in [0.15, 0.2) is 0 Å². The first-order chi connectivity index (χ1) is 8.70. The predicted molar refractivity (Wildman–Crippen MR) is 77.0 cm³/mol. The first kappa shape index (κ1) is 13.2. The fourth-order valence-electron chi connectivity index (χ4n) is 2.07. The molecule has 0 aliphatic carbocycles. The van der Waals surface area contributed by atoms with Crippen LogP contribution >= 0.6 is 12.2 Å². The van der Waals surface area contributed by atoms with Gasteiger partial charge in [-0.3, -0.25) is 0 Å². The zero-order chi connectivity index (χ0) is 13.0. The molecule has 1 fully saturated rings. The van der Waals surface area contributed by atoms with Crippen molar-refractivity contribution in [2.75, 3.05) is 24.6 Å². The molecule has 1 aliphatic rings. The minimum absolute atomic E-state index is 0.296. The minimum Gasteiger partial charge on any atom is -0.389 e. The molecule has 1 unspecified atom stereocenters. The van der Waals surface area contributed by atoms with Crippen LogP contribution in [-0.4, -0.2) is 35.8 Å². The van der Waals surface area contributed by atoms with Crippen molar-refractivity contribution in [2.24, 2.45) is 5.73 Å². The Labute approximate surface area is 113 Å². The second-order valence-electron chi connectivity index (χ2n) is 4.47. The molecule has 0 saturated carbocycles. The van der Waals surface area contributed by atoms with Gasteiger partial charge >= 0.3 is 0 Å². The van der Waals surface area contributed by atoms with Gasteiger partial charge in [-0.2, -0.15) is 0 Å². The Balaban J connectivity index is 2.11. The normalized spacial score (nSPS) is 20.5. The smallest absolute Gasteiger partial charge is 0.128 e. The molecule has 2 N–H and O–H groups in total. The monoisotopic (exact) mass is 265 g/mol. The highest BCUT2D eigenvalue weighted by Crippen LogP contribution is 2.16. The fourth-order valence-corrected chi connectivity index (χ4v) is 2.19. The molecule has 0 amide bonds. The van der Waals surface area contributed by atoms with Crippen LogP contribution in [0.25, 0.3) is 0 Å². The van der Waals surface area contributed by atoms with E-state index in [1.807, 2.05) is 12.1 Å². The SMILES string of the molecule is CCC1CN(c2ccc(C(N)=S)cn2)CCCO1. The van der Waals surface area contributed by atoms with Crippen LogP contribution in [0.4, 0.5) is 5.82 Å². The van der Waals surface area contributed by atoms with Crippen LogP contribution in [0, 0.1) is 0 Å². The maximum absolute atomic E-state index is 5.76. The number of thiocarbonyl (C=S) groups is 1. The molecule has 2 heterocycles. The molecule has 0 spiro atoms. The molecular formula is C13H19N3OS. The summed E-state index contributed by atoms with van der Waals surface area (Å²) >= 11 is 4.93. The van der Waals surface area contributed by atoms with Crippen LogP contribution in [-0.2, 0) is 4.74 Å². The lowest BCUT2D eigenvalue weighted by Crippen LogP contribution is -2.32. The summed E-state index contributed by atoms with van der Waals surface area (Å²) in [6.07, 6.45) is 4.10. The van der Waals surface area contributed by atoms with E-state index in [4.69, 9.17) is 22.7 Å². The molecule has 5 heteroatoms. The van der Waals surface area contributed by atoms with E-state index in [1.165, 1.54) is 0 Å². The Morgan fingerprint density at radius 2 is 2.44 bits per heavy atom. The lowest BCUT2D eigenvalue weighted by atomic mass is 10.2. The van der Waals surface area contributed by atoms with Crippen molar-refractivity contribution >= 4 is 23.0 Å². The quantitative estimate of drug-likeness (QED) is 0.843. The maximum atomic E-state index is 5.76. The van der Waals surface area contributed by atoms with Crippen molar-refractivity contribution in [3.8, 4) is 0 Å². The second kappa shape index (κ2) is 6.11. The number of aromatic nitrogens is 1. The van der Waals surface area contributed by atoms with Crippen molar-refractivity contribution in [3.05, 3.63) is 23.9 Å². The van der Waals surface area contributed by atoms with Gasteiger partial charge in [-0.25, -0.2) is 4.98 Å². The molecule has 1 atom stereocenters. The molecule has 0 aromatic carbocycles. The van der Waals surface area contributed by atoms with E-state index < -0.39 is 0 Å². The first-order valence-corrected chi connectivity index (χ1v) is 6.74. The summed E-state index contributed by atoms with van der Waals surface area (Å²) in [5, 5.41) is 0. The number of ether oxygens (including phenoxy) is 1. The molecule has 0 bridgehead atoms. The Morgan fingerprint density at radius 3 is 3.06 bits per heavy atom. The van der Waals surface area contributed by atoms with E-state index in [1.54, 1.807) is 6.20 Å². The topological polar surface area (TPSA) is 51.4 Å². The summed E-state index contributed by atoms with van der Waals surface area (Å²) in [6, 6.07) is 3.91. The molecule has 2 rings (SSSR count). The third-order valence-corrected chi connectivity index (χ3v) is 3.40. The minimum atomic E-state index is 0.296. The van der Waals surface area contributed by atoms with E-state index in [-0.39, 0.29) is 0 Å². The molecule has 1 aliphatic heterocycles. The Hall–Kier alpha value is -1.20. The highest BCUT2D eigenvalue weighted by molar-refractivity contribution is 7.80. The average Bonchev–Trinajstić information content (AvgIpc) is 2.64. The molecule has 98 valence electrons. The van der Waals surface area contributed by atoms with Crippen molar-refractivity contribution in [1.82, 2.24) is 4.98 Å². The van der Waals surface area contributed by atoms with E-state index >= 15 is 0 Å². The summed E-state index contributed by atoms with van der Waals surface area (Å²) in [7, 11) is 0. The van der Waals surface area contributed by atoms with Gasteiger partial charge in [-0.15, -0.1) is 0 Å². The zero-order valence-corrected chi connectivity index (χ0v) is 11.4. The Bertz CT molecular complexity index is 407. The summed E-state index contributed by atoms with van der Waals surface area (Å²) in [6.45, 7) is 4.86. The van der Waals surface area contributed by atoms with Gasteiger partial charge in [0.2, 0.25) is 0 Å². The van der Waals surface area contributed by atoms with Crippen LogP contribution < -0.4 is 10.6 Å². The summed E-state index contributed by atoms with van der Waals surface area (Å²) < 4.78 is 5.76. The summed E-state index contributed by atoms with van der Waals surface area (Å²) in [5.41, 5.74) is 6.38. The van der Waals surface area contributed by atoms with E-state index in [0.717, 1.165) is 43.9 Å².